The van der Waals surface area contributed by atoms with Gasteiger partial charge in [0.15, 0.2) is 0 Å². The third-order valence-electron chi connectivity index (χ3n) is 2.26. The Morgan fingerprint density at radius 2 is 2.40 bits per heavy atom. The monoisotopic (exact) mass is 229 g/mol. The SMILES string of the molecule is CC(C)(CCCl)CNC(=O)c1cn[nH]c1. The van der Waals surface area contributed by atoms with Gasteiger partial charge in [-0.1, -0.05) is 13.8 Å². The molecule has 0 aliphatic heterocycles. The molecule has 2 N–H and O–H groups in total. The number of rotatable bonds is 5. The zero-order chi connectivity index (χ0) is 11.3. The van der Waals surface area contributed by atoms with Crippen molar-refractivity contribution in [3.05, 3.63) is 18.0 Å². The Morgan fingerprint density at radius 1 is 1.67 bits per heavy atom. The number of hydrogen-bond acceptors (Lipinski definition) is 2. The van der Waals surface area contributed by atoms with Crippen LogP contribution in [-0.4, -0.2) is 28.5 Å². The number of aromatic nitrogens is 2. The lowest BCUT2D eigenvalue weighted by Gasteiger charge is -2.23. The standard InChI is InChI=1S/C10H16ClN3O/c1-10(2,3-4-11)7-12-9(15)8-5-13-14-6-8/h5-6H,3-4,7H2,1-2H3,(H,12,15)(H,13,14). The third kappa shape index (κ3) is 3.91. The van der Waals surface area contributed by atoms with Crippen LogP contribution in [0.1, 0.15) is 30.6 Å². The van der Waals surface area contributed by atoms with Crippen molar-refractivity contribution in [2.24, 2.45) is 5.41 Å². The molecule has 0 aromatic carbocycles. The minimum absolute atomic E-state index is 0.0289. The number of amides is 1. The van der Waals surface area contributed by atoms with Gasteiger partial charge in [0.2, 0.25) is 0 Å². The van der Waals surface area contributed by atoms with Gasteiger partial charge in [0.25, 0.3) is 5.91 Å². The number of nitrogens with zero attached hydrogens (tertiary/aromatic N) is 1. The number of carbonyl (C=O) groups is 1. The minimum Gasteiger partial charge on any atom is -0.351 e. The molecule has 0 saturated heterocycles. The van der Waals surface area contributed by atoms with Crippen molar-refractivity contribution >= 4 is 17.5 Å². The molecule has 1 heterocycles. The Labute approximate surface area is 94.4 Å². The first kappa shape index (κ1) is 12.0. The van der Waals surface area contributed by atoms with E-state index < -0.39 is 0 Å². The summed E-state index contributed by atoms with van der Waals surface area (Å²) in [7, 11) is 0. The van der Waals surface area contributed by atoms with E-state index in [1.165, 1.54) is 6.20 Å². The number of halogens is 1. The summed E-state index contributed by atoms with van der Waals surface area (Å²) in [5.74, 6) is 0.501. The van der Waals surface area contributed by atoms with Gasteiger partial charge >= 0.3 is 0 Å². The maximum atomic E-state index is 11.6. The van der Waals surface area contributed by atoms with Crippen molar-refractivity contribution in [1.82, 2.24) is 15.5 Å². The van der Waals surface area contributed by atoms with Crippen LogP contribution in [0.5, 0.6) is 0 Å². The fraction of sp³-hybridized carbons (Fsp3) is 0.600. The second kappa shape index (κ2) is 5.16. The van der Waals surface area contributed by atoms with Gasteiger partial charge in [-0.3, -0.25) is 9.89 Å². The van der Waals surface area contributed by atoms with Crippen molar-refractivity contribution in [3.8, 4) is 0 Å². The van der Waals surface area contributed by atoms with E-state index in [0.717, 1.165) is 6.42 Å². The van der Waals surface area contributed by atoms with Crippen LogP contribution in [0, 0.1) is 5.41 Å². The summed E-state index contributed by atoms with van der Waals surface area (Å²) in [6.45, 7) is 4.76. The van der Waals surface area contributed by atoms with Gasteiger partial charge in [0.05, 0.1) is 11.8 Å². The molecule has 1 rings (SSSR count). The van der Waals surface area contributed by atoms with Crippen molar-refractivity contribution < 1.29 is 4.79 Å². The summed E-state index contributed by atoms with van der Waals surface area (Å²) >= 11 is 5.67. The average molecular weight is 230 g/mol. The van der Waals surface area contributed by atoms with Crippen molar-refractivity contribution in [2.45, 2.75) is 20.3 Å². The van der Waals surface area contributed by atoms with Crippen LogP contribution < -0.4 is 5.32 Å². The number of hydrogen-bond donors (Lipinski definition) is 2. The molecule has 0 radical (unpaired) electrons. The zero-order valence-electron chi connectivity index (χ0n) is 9.01. The lowest BCUT2D eigenvalue weighted by Crippen LogP contribution is -2.34. The molecule has 1 aromatic heterocycles. The third-order valence-corrected chi connectivity index (χ3v) is 2.45. The van der Waals surface area contributed by atoms with E-state index in [1.807, 2.05) is 0 Å². The van der Waals surface area contributed by atoms with E-state index in [4.69, 9.17) is 11.6 Å². The lowest BCUT2D eigenvalue weighted by atomic mass is 9.90. The normalized spacial score (nSPS) is 11.4. The Balaban J connectivity index is 2.40. The maximum absolute atomic E-state index is 11.6. The topological polar surface area (TPSA) is 57.8 Å². The molecule has 0 aliphatic carbocycles. The van der Waals surface area contributed by atoms with Crippen molar-refractivity contribution in [1.29, 1.82) is 0 Å². The molecule has 0 aliphatic rings. The van der Waals surface area contributed by atoms with Gasteiger partial charge in [0.1, 0.15) is 0 Å². The highest BCUT2D eigenvalue weighted by Gasteiger charge is 2.18. The van der Waals surface area contributed by atoms with Gasteiger partial charge in [-0.05, 0) is 11.8 Å². The molecule has 0 atom stereocenters. The molecule has 0 fully saturated rings. The smallest absolute Gasteiger partial charge is 0.254 e. The maximum Gasteiger partial charge on any atom is 0.254 e. The lowest BCUT2D eigenvalue weighted by molar-refractivity contribution is 0.0936. The second-order valence-corrected chi connectivity index (χ2v) is 4.65. The van der Waals surface area contributed by atoms with Crippen LogP contribution in [0.4, 0.5) is 0 Å². The van der Waals surface area contributed by atoms with Crippen molar-refractivity contribution in [2.75, 3.05) is 12.4 Å². The first-order valence-electron chi connectivity index (χ1n) is 4.88. The van der Waals surface area contributed by atoms with E-state index in [9.17, 15) is 4.79 Å². The zero-order valence-corrected chi connectivity index (χ0v) is 9.77. The van der Waals surface area contributed by atoms with Gasteiger partial charge in [-0.15, -0.1) is 11.6 Å². The molecule has 0 bridgehead atoms. The quantitative estimate of drug-likeness (QED) is 0.757. The highest BCUT2D eigenvalue weighted by atomic mass is 35.5. The molecule has 1 amide bonds. The number of aromatic amines is 1. The fourth-order valence-corrected chi connectivity index (χ4v) is 1.65. The highest BCUT2D eigenvalue weighted by Crippen LogP contribution is 2.19. The van der Waals surface area contributed by atoms with Crippen LogP contribution in [0.25, 0.3) is 0 Å². The molecular formula is C10H16ClN3O. The van der Waals surface area contributed by atoms with E-state index in [2.05, 4.69) is 29.4 Å². The predicted octanol–water partition coefficient (Wildman–Crippen LogP) is 1.79. The molecule has 0 spiro atoms. The Kier molecular flexibility index (Phi) is 4.15. The van der Waals surface area contributed by atoms with E-state index in [0.29, 0.717) is 18.0 Å². The summed E-state index contributed by atoms with van der Waals surface area (Å²) in [5, 5.41) is 9.17. The predicted molar refractivity (Wildman–Crippen MR) is 60.0 cm³/mol. The molecule has 0 unspecified atom stereocenters. The van der Waals surface area contributed by atoms with Crippen LogP contribution >= 0.6 is 11.6 Å². The Hall–Kier alpha value is -1.03. The van der Waals surface area contributed by atoms with Crippen LogP contribution in [-0.2, 0) is 0 Å². The Morgan fingerprint density at radius 3 is 2.93 bits per heavy atom. The summed E-state index contributed by atoms with van der Waals surface area (Å²) in [6, 6.07) is 0. The largest absolute Gasteiger partial charge is 0.351 e. The summed E-state index contributed by atoms with van der Waals surface area (Å²) in [4.78, 5) is 11.6. The molecule has 0 saturated carbocycles. The second-order valence-electron chi connectivity index (χ2n) is 4.27. The summed E-state index contributed by atoms with van der Waals surface area (Å²) in [5.41, 5.74) is 0.581. The van der Waals surface area contributed by atoms with Crippen LogP contribution in [0.2, 0.25) is 0 Å². The van der Waals surface area contributed by atoms with E-state index >= 15 is 0 Å². The minimum atomic E-state index is -0.105. The summed E-state index contributed by atoms with van der Waals surface area (Å²) < 4.78 is 0. The van der Waals surface area contributed by atoms with Gasteiger partial charge in [-0.25, -0.2) is 0 Å². The van der Waals surface area contributed by atoms with E-state index in [1.54, 1.807) is 6.20 Å². The van der Waals surface area contributed by atoms with E-state index in [-0.39, 0.29) is 11.3 Å². The average Bonchev–Trinajstić information content (AvgIpc) is 2.67. The molecule has 15 heavy (non-hydrogen) atoms. The highest BCUT2D eigenvalue weighted by molar-refractivity contribution is 6.17. The van der Waals surface area contributed by atoms with Crippen LogP contribution in [0.15, 0.2) is 12.4 Å². The molecule has 1 aromatic rings. The number of carbonyl (C=O) groups excluding carboxylic acids is 1. The molecular weight excluding hydrogens is 214 g/mol. The van der Waals surface area contributed by atoms with Gasteiger partial charge < -0.3 is 5.32 Å². The van der Waals surface area contributed by atoms with Gasteiger partial charge in [-0.2, -0.15) is 5.10 Å². The molecule has 84 valence electrons. The number of H-pyrrole nitrogens is 1. The van der Waals surface area contributed by atoms with Crippen molar-refractivity contribution in [3.63, 3.8) is 0 Å². The fourth-order valence-electron chi connectivity index (χ4n) is 1.14. The molecule has 4 nitrogen and oxygen atoms in total. The first-order chi connectivity index (χ1) is 7.05. The van der Waals surface area contributed by atoms with Crippen LogP contribution in [0.3, 0.4) is 0 Å². The summed E-state index contributed by atoms with van der Waals surface area (Å²) in [6.07, 6.45) is 3.95. The van der Waals surface area contributed by atoms with Gasteiger partial charge in [0, 0.05) is 18.6 Å². The first-order valence-corrected chi connectivity index (χ1v) is 5.41. The number of nitrogens with one attached hydrogen (secondary N) is 2. The number of alkyl halides is 1. The Bertz CT molecular complexity index is 308. The molecule has 5 heteroatoms.